The fourth-order valence-corrected chi connectivity index (χ4v) is 2.23. The molecule has 1 rings (SSSR count). The maximum atomic E-state index is 11.5. The molecule has 0 spiro atoms. The molecule has 1 aliphatic rings. The molecule has 15 heavy (non-hydrogen) atoms. The van der Waals surface area contributed by atoms with Gasteiger partial charge in [0.2, 0.25) is 15.9 Å². The van der Waals surface area contributed by atoms with Gasteiger partial charge in [-0.3, -0.25) is 4.79 Å². The number of rotatable bonds is 4. The molecule has 1 heterocycles. The summed E-state index contributed by atoms with van der Waals surface area (Å²) in [5, 5.41) is 2.80. The fourth-order valence-electron chi connectivity index (χ4n) is 1.32. The summed E-state index contributed by atoms with van der Waals surface area (Å²) in [4.78, 5) is 11.5. The first kappa shape index (κ1) is 12.4. The topological polar surface area (TPSA) is 66.5 Å². The van der Waals surface area contributed by atoms with E-state index in [1.165, 1.54) is 4.31 Å². The van der Waals surface area contributed by atoms with Crippen molar-refractivity contribution < 1.29 is 13.2 Å². The minimum absolute atomic E-state index is 0.0383. The summed E-state index contributed by atoms with van der Waals surface area (Å²) in [6.45, 7) is 5.33. The summed E-state index contributed by atoms with van der Waals surface area (Å²) in [6.07, 6.45) is 1.16. The molecule has 1 N–H and O–H groups in total. The first-order valence-corrected chi connectivity index (χ1v) is 6.88. The van der Waals surface area contributed by atoms with E-state index in [4.69, 9.17) is 0 Å². The number of carbonyl (C=O) groups excluding carboxylic acids is 1. The molecule has 0 aliphatic carbocycles. The number of nitrogens with one attached hydrogen (secondary N) is 1. The van der Waals surface area contributed by atoms with Crippen LogP contribution in [0.25, 0.3) is 0 Å². The van der Waals surface area contributed by atoms with Gasteiger partial charge in [-0.2, -0.15) is 0 Å². The van der Waals surface area contributed by atoms with Crippen molar-refractivity contribution in [2.24, 2.45) is 11.8 Å². The van der Waals surface area contributed by atoms with Crippen LogP contribution in [0, 0.1) is 11.8 Å². The van der Waals surface area contributed by atoms with E-state index in [0.29, 0.717) is 25.6 Å². The molecule has 0 saturated carbocycles. The van der Waals surface area contributed by atoms with Gasteiger partial charge in [0.25, 0.3) is 0 Å². The van der Waals surface area contributed by atoms with Gasteiger partial charge in [0.15, 0.2) is 0 Å². The van der Waals surface area contributed by atoms with Crippen LogP contribution in [0.1, 0.15) is 13.8 Å². The Labute approximate surface area is 90.9 Å². The minimum atomic E-state index is -3.11. The highest BCUT2D eigenvalue weighted by molar-refractivity contribution is 7.88. The standard InChI is InChI=1S/C9H18N2O3S/c1-7(2)4-10-9(12)8-5-11(6-8)15(3,13)14/h7-8H,4-6H2,1-3H3,(H,10,12). The molecule has 1 amide bonds. The lowest BCUT2D eigenvalue weighted by atomic mass is 10.0. The molecule has 0 bridgehead atoms. The van der Waals surface area contributed by atoms with Crippen LogP contribution in [0.2, 0.25) is 0 Å². The molecule has 0 aromatic carbocycles. The molecule has 1 fully saturated rings. The molecule has 0 atom stereocenters. The lowest BCUT2D eigenvalue weighted by Gasteiger charge is -2.36. The summed E-state index contributed by atoms with van der Waals surface area (Å²) < 4.78 is 23.4. The van der Waals surface area contributed by atoms with E-state index >= 15 is 0 Å². The Morgan fingerprint density at radius 1 is 1.47 bits per heavy atom. The van der Waals surface area contributed by atoms with Gasteiger partial charge in [-0.05, 0) is 5.92 Å². The van der Waals surface area contributed by atoms with Gasteiger partial charge in [0.1, 0.15) is 0 Å². The maximum Gasteiger partial charge on any atom is 0.225 e. The zero-order valence-electron chi connectivity index (χ0n) is 9.36. The summed E-state index contributed by atoms with van der Waals surface area (Å²) in [6, 6.07) is 0. The van der Waals surface area contributed by atoms with Gasteiger partial charge < -0.3 is 5.32 Å². The highest BCUT2D eigenvalue weighted by atomic mass is 32.2. The van der Waals surface area contributed by atoms with Crippen molar-refractivity contribution in [3.63, 3.8) is 0 Å². The molecule has 0 aromatic heterocycles. The normalized spacial score (nSPS) is 18.9. The Balaban J connectivity index is 2.30. The van der Waals surface area contributed by atoms with Crippen molar-refractivity contribution in [2.75, 3.05) is 25.9 Å². The molecule has 5 nitrogen and oxygen atoms in total. The minimum Gasteiger partial charge on any atom is -0.356 e. The number of hydrogen-bond donors (Lipinski definition) is 1. The van der Waals surface area contributed by atoms with E-state index in [1.54, 1.807) is 0 Å². The number of carbonyl (C=O) groups is 1. The number of nitrogens with zero attached hydrogens (tertiary/aromatic N) is 1. The van der Waals surface area contributed by atoms with Crippen molar-refractivity contribution in [2.45, 2.75) is 13.8 Å². The Hall–Kier alpha value is -0.620. The van der Waals surface area contributed by atoms with Gasteiger partial charge in [-0.1, -0.05) is 13.8 Å². The largest absolute Gasteiger partial charge is 0.356 e. The Morgan fingerprint density at radius 3 is 2.40 bits per heavy atom. The van der Waals surface area contributed by atoms with E-state index in [9.17, 15) is 13.2 Å². The molecular weight excluding hydrogens is 216 g/mol. The van der Waals surface area contributed by atoms with Crippen molar-refractivity contribution in [1.82, 2.24) is 9.62 Å². The average Bonchev–Trinajstić information content (AvgIpc) is 1.94. The van der Waals surface area contributed by atoms with Crippen LogP contribution >= 0.6 is 0 Å². The second kappa shape index (κ2) is 4.49. The smallest absolute Gasteiger partial charge is 0.225 e. The van der Waals surface area contributed by atoms with Crippen molar-refractivity contribution in [3.8, 4) is 0 Å². The Morgan fingerprint density at radius 2 is 2.00 bits per heavy atom. The maximum absolute atomic E-state index is 11.5. The second-order valence-electron chi connectivity index (χ2n) is 4.42. The van der Waals surface area contributed by atoms with Crippen molar-refractivity contribution in [3.05, 3.63) is 0 Å². The van der Waals surface area contributed by atoms with E-state index < -0.39 is 10.0 Å². The van der Waals surface area contributed by atoms with E-state index in [-0.39, 0.29) is 11.8 Å². The van der Waals surface area contributed by atoms with Crippen LogP contribution < -0.4 is 5.32 Å². The van der Waals surface area contributed by atoms with Gasteiger partial charge in [-0.15, -0.1) is 0 Å². The predicted octanol–water partition coefficient (Wildman–Crippen LogP) is -0.350. The lowest BCUT2D eigenvalue weighted by molar-refractivity contribution is -0.128. The monoisotopic (exact) mass is 234 g/mol. The molecule has 0 radical (unpaired) electrons. The first-order valence-electron chi connectivity index (χ1n) is 5.03. The zero-order chi connectivity index (χ0) is 11.6. The van der Waals surface area contributed by atoms with Crippen molar-refractivity contribution in [1.29, 1.82) is 0 Å². The van der Waals surface area contributed by atoms with Crippen LogP contribution in [-0.2, 0) is 14.8 Å². The number of hydrogen-bond acceptors (Lipinski definition) is 3. The van der Waals surface area contributed by atoms with E-state index in [2.05, 4.69) is 5.32 Å². The third-order valence-corrected chi connectivity index (χ3v) is 3.61. The third-order valence-electron chi connectivity index (χ3n) is 2.37. The van der Waals surface area contributed by atoms with Crippen LogP contribution in [-0.4, -0.2) is 44.5 Å². The second-order valence-corrected chi connectivity index (χ2v) is 6.40. The summed E-state index contributed by atoms with van der Waals surface area (Å²) in [5.41, 5.74) is 0. The molecule has 1 aliphatic heterocycles. The number of amides is 1. The Kier molecular flexibility index (Phi) is 3.72. The fraction of sp³-hybridized carbons (Fsp3) is 0.889. The molecular formula is C9H18N2O3S. The zero-order valence-corrected chi connectivity index (χ0v) is 10.2. The molecule has 1 saturated heterocycles. The van der Waals surface area contributed by atoms with Gasteiger partial charge >= 0.3 is 0 Å². The average molecular weight is 234 g/mol. The number of sulfonamides is 1. The van der Waals surface area contributed by atoms with Crippen LogP contribution in [0.5, 0.6) is 0 Å². The SMILES string of the molecule is CC(C)CNC(=O)C1CN(S(C)(=O)=O)C1. The van der Waals surface area contributed by atoms with Crippen LogP contribution in [0.15, 0.2) is 0 Å². The van der Waals surface area contributed by atoms with Gasteiger partial charge in [-0.25, -0.2) is 12.7 Å². The van der Waals surface area contributed by atoms with Gasteiger partial charge in [0, 0.05) is 19.6 Å². The highest BCUT2D eigenvalue weighted by Gasteiger charge is 2.37. The Bertz CT molecular complexity index is 331. The molecule has 6 heteroatoms. The highest BCUT2D eigenvalue weighted by Crippen LogP contribution is 2.18. The summed E-state index contributed by atoms with van der Waals surface area (Å²) in [5.74, 6) is 0.210. The predicted molar refractivity (Wildman–Crippen MR) is 57.8 cm³/mol. The van der Waals surface area contributed by atoms with Crippen molar-refractivity contribution >= 4 is 15.9 Å². The molecule has 0 unspecified atom stereocenters. The van der Waals surface area contributed by atoms with E-state index in [0.717, 1.165) is 6.26 Å². The van der Waals surface area contributed by atoms with Gasteiger partial charge in [0.05, 0.1) is 12.2 Å². The lowest BCUT2D eigenvalue weighted by Crippen LogP contribution is -2.55. The molecule has 0 aromatic rings. The quantitative estimate of drug-likeness (QED) is 0.723. The molecule has 88 valence electrons. The van der Waals surface area contributed by atoms with E-state index in [1.807, 2.05) is 13.8 Å². The first-order chi connectivity index (χ1) is 6.80. The summed E-state index contributed by atoms with van der Waals surface area (Å²) in [7, 11) is -3.11. The van der Waals surface area contributed by atoms with Crippen LogP contribution in [0.4, 0.5) is 0 Å². The van der Waals surface area contributed by atoms with Crippen LogP contribution in [0.3, 0.4) is 0 Å². The summed E-state index contributed by atoms with van der Waals surface area (Å²) >= 11 is 0. The third kappa shape index (κ3) is 3.46.